The third-order valence-corrected chi connectivity index (χ3v) is 1.50. The van der Waals surface area contributed by atoms with Gasteiger partial charge < -0.3 is 0 Å². The predicted octanol–water partition coefficient (Wildman–Crippen LogP) is 5.03. The van der Waals surface area contributed by atoms with Gasteiger partial charge in [0.2, 0.25) is 0 Å². The smallest absolute Gasteiger partial charge is 0.00297 e. The Morgan fingerprint density at radius 1 is 0.692 bits per heavy atom. The minimum Gasteiger partial charge on any atom is -0.120 e. The van der Waals surface area contributed by atoms with E-state index < -0.39 is 0 Å². The fraction of sp³-hybridized carbons (Fsp3) is 0.846. The number of hydrogen-bond donors (Lipinski definition) is 0. The Kier molecular flexibility index (Phi) is 42.3. The molecule has 80 valence electrons. The van der Waals surface area contributed by atoms with Crippen LogP contribution in [0.1, 0.15) is 73.1 Å². The number of hydrogen-bond acceptors (Lipinski definition) is 0. The van der Waals surface area contributed by atoms with Gasteiger partial charge in [-0.05, 0) is 6.92 Å². The minimum absolute atomic E-state index is 1.50. The molecule has 0 N–H and O–H groups in total. The van der Waals surface area contributed by atoms with E-state index in [4.69, 9.17) is 0 Å². The summed E-state index contributed by atoms with van der Waals surface area (Å²) < 4.78 is 0. The normalized spacial score (nSPS) is 12.6. The molecule has 13 heavy (non-hydrogen) atoms. The molecule has 0 spiro atoms. The van der Waals surface area contributed by atoms with E-state index in [0.717, 1.165) is 0 Å². The maximum atomic E-state index is 4.60. The molecule has 0 aliphatic heterocycles. The van der Waals surface area contributed by atoms with Crippen LogP contribution in [0.3, 0.4) is 0 Å². The summed E-state index contributed by atoms with van der Waals surface area (Å²) in [5, 5.41) is 0. The summed E-state index contributed by atoms with van der Waals surface area (Å²) in [4.78, 5) is 0. The molecule has 0 amide bonds. The van der Waals surface area contributed by atoms with Crippen LogP contribution in [0.4, 0.5) is 0 Å². The fourth-order valence-corrected chi connectivity index (χ4v) is 1.06. The number of rotatable bonds is 0. The second-order valence-corrected chi connectivity index (χ2v) is 2.41. The van der Waals surface area contributed by atoms with Crippen molar-refractivity contribution < 1.29 is 0 Å². The van der Waals surface area contributed by atoms with Crippen LogP contribution in [0.15, 0.2) is 0 Å². The minimum atomic E-state index is 1.50. The SMILES string of the molecule is C#CC.C1CCCCC1.CC.CC. The molecular weight excluding hydrogens is 156 g/mol. The maximum Gasteiger partial charge on any atom is -0.00297 e. The zero-order chi connectivity index (χ0) is 10.9. The molecule has 0 atom stereocenters. The van der Waals surface area contributed by atoms with Crippen molar-refractivity contribution in [2.75, 3.05) is 0 Å². The quantitative estimate of drug-likeness (QED) is 0.463. The van der Waals surface area contributed by atoms with Crippen molar-refractivity contribution in [1.82, 2.24) is 0 Å². The topological polar surface area (TPSA) is 0 Å². The van der Waals surface area contributed by atoms with E-state index in [1.54, 1.807) is 6.92 Å². The van der Waals surface area contributed by atoms with E-state index in [0.29, 0.717) is 0 Å². The molecular formula is C13H28. The van der Waals surface area contributed by atoms with Crippen molar-refractivity contribution >= 4 is 0 Å². The van der Waals surface area contributed by atoms with Crippen molar-refractivity contribution in [3.05, 3.63) is 0 Å². The summed E-state index contributed by atoms with van der Waals surface area (Å²) >= 11 is 0. The highest BCUT2D eigenvalue weighted by atomic mass is 14.0. The van der Waals surface area contributed by atoms with Crippen molar-refractivity contribution in [2.45, 2.75) is 73.1 Å². The van der Waals surface area contributed by atoms with Crippen molar-refractivity contribution in [2.24, 2.45) is 0 Å². The molecule has 0 aromatic rings. The Bertz CT molecular complexity index is 61.0. The average molecular weight is 184 g/mol. The first kappa shape index (κ1) is 18.4. The highest BCUT2D eigenvalue weighted by molar-refractivity contribution is 4.73. The van der Waals surface area contributed by atoms with Gasteiger partial charge in [-0.15, -0.1) is 12.3 Å². The Labute approximate surface area is 86.1 Å². The standard InChI is InChI=1S/C6H12.C3H4.2C2H6/c1-2-4-6-5-3-1;1-3-2;2*1-2/h1-6H2;1H,2H3;2*1-2H3. The van der Waals surface area contributed by atoms with E-state index >= 15 is 0 Å². The van der Waals surface area contributed by atoms with Gasteiger partial charge in [-0.1, -0.05) is 66.2 Å². The molecule has 0 heterocycles. The van der Waals surface area contributed by atoms with Crippen molar-refractivity contribution in [3.8, 4) is 12.3 Å². The van der Waals surface area contributed by atoms with Crippen LogP contribution < -0.4 is 0 Å². The Hall–Kier alpha value is -0.440. The summed E-state index contributed by atoms with van der Waals surface area (Å²) in [6, 6.07) is 0. The van der Waals surface area contributed by atoms with Crippen LogP contribution in [0.5, 0.6) is 0 Å². The van der Waals surface area contributed by atoms with Gasteiger partial charge in [-0.25, -0.2) is 0 Å². The lowest BCUT2D eigenvalue weighted by Crippen LogP contribution is -1.85. The first-order valence-electron chi connectivity index (χ1n) is 5.79. The van der Waals surface area contributed by atoms with E-state index in [2.05, 4.69) is 12.3 Å². The molecule has 1 aliphatic carbocycles. The second kappa shape index (κ2) is 30.0. The molecule has 0 nitrogen and oxygen atoms in total. The van der Waals surface area contributed by atoms with Crippen LogP contribution in [0, 0.1) is 12.3 Å². The monoisotopic (exact) mass is 184 g/mol. The van der Waals surface area contributed by atoms with Crippen molar-refractivity contribution in [1.29, 1.82) is 0 Å². The Morgan fingerprint density at radius 3 is 0.846 bits per heavy atom. The molecule has 0 heteroatoms. The third-order valence-electron chi connectivity index (χ3n) is 1.50. The third kappa shape index (κ3) is 34.2. The van der Waals surface area contributed by atoms with Gasteiger partial charge in [0.1, 0.15) is 0 Å². The van der Waals surface area contributed by atoms with Gasteiger partial charge in [0.05, 0.1) is 0 Å². The van der Waals surface area contributed by atoms with Gasteiger partial charge >= 0.3 is 0 Å². The van der Waals surface area contributed by atoms with Gasteiger partial charge in [0.15, 0.2) is 0 Å². The Morgan fingerprint density at radius 2 is 0.769 bits per heavy atom. The summed E-state index contributed by atoms with van der Waals surface area (Å²) in [5.41, 5.74) is 0. The fourth-order valence-electron chi connectivity index (χ4n) is 1.06. The summed E-state index contributed by atoms with van der Waals surface area (Å²) in [6.45, 7) is 9.65. The van der Waals surface area contributed by atoms with Crippen LogP contribution >= 0.6 is 0 Å². The molecule has 0 bridgehead atoms. The first-order valence-corrected chi connectivity index (χ1v) is 5.79. The molecule has 0 aromatic carbocycles. The lowest BCUT2D eigenvalue weighted by molar-refractivity contribution is 0.504. The van der Waals surface area contributed by atoms with Crippen molar-refractivity contribution in [3.63, 3.8) is 0 Å². The summed E-state index contributed by atoms with van der Waals surface area (Å²) in [7, 11) is 0. The van der Waals surface area contributed by atoms with E-state index in [-0.39, 0.29) is 0 Å². The highest BCUT2D eigenvalue weighted by Gasteiger charge is 1.95. The van der Waals surface area contributed by atoms with Gasteiger partial charge in [0, 0.05) is 0 Å². The largest absolute Gasteiger partial charge is 0.120 e. The lowest BCUT2D eigenvalue weighted by Gasteiger charge is -2.05. The van der Waals surface area contributed by atoms with Crippen LogP contribution in [-0.2, 0) is 0 Å². The molecule has 0 aromatic heterocycles. The molecule has 1 rings (SSSR count). The second-order valence-electron chi connectivity index (χ2n) is 2.41. The van der Waals surface area contributed by atoms with E-state index in [1.165, 1.54) is 38.5 Å². The zero-order valence-electron chi connectivity index (χ0n) is 10.3. The zero-order valence-corrected chi connectivity index (χ0v) is 10.3. The molecule has 1 saturated carbocycles. The highest BCUT2D eigenvalue weighted by Crippen LogP contribution is 2.15. The Balaban J connectivity index is -0.000000124. The number of terminal acetylenes is 1. The molecule has 1 fully saturated rings. The maximum absolute atomic E-state index is 4.60. The van der Waals surface area contributed by atoms with Gasteiger partial charge in [0.25, 0.3) is 0 Å². The summed E-state index contributed by atoms with van der Waals surface area (Å²) in [5.74, 6) is 2.25. The van der Waals surface area contributed by atoms with E-state index in [1.807, 2.05) is 27.7 Å². The van der Waals surface area contributed by atoms with Gasteiger partial charge in [-0.3, -0.25) is 0 Å². The molecule has 0 radical (unpaired) electrons. The molecule has 1 aliphatic rings. The molecule has 0 unspecified atom stereocenters. The average Bonchev–Trinajstić information content (AvgIpc) is 2.27. The molecule has 0 saturated heterocycles. The van der Waals surface area contributed by atoms with Crippen LogP contribution in [0.25, 0.3) is 0 Å². The summed E-state index contributed by atoms with van der Waals surface area (Å²) in [6.07, 6.45) is 13.6. The predicted molar refractivity (Wildman–Crippen MR) is 64.9 cm³/mol. The first-order chi connectivity index (χ1) is 6.41. The van der Waals surface area contributed by atoms with E-state index in [9.17, 15) is 0 Å². The van der Waals surface area contributed by atoms with Gasteiger partial charge in [-0.2, -0.15) is 0 Å². The van der Waals surface area contributed by atoms with Crippen LogP contribution in [0.2, 0.25) is 0 Å². The lowest BCUT2D eigenvalue weighted by atomic mass is 10.0. The van der Waals surface area contributed by atoms with Crippen LogP contribution in [-0.4, -0.2) is 0 Å².